The molecule has 1 fully saturated rings. The fourth-order valence-electron chi connectivity index (χ4n) is 3.92. The number of aromatic nitrogens is 1. The predicted octanol–water partition coefficient (Wildman–Crippen LogP) is 4.21. The van der Waals surface area contributed by atoms with Crippen LogP contribution in [0.4, 0.5) is 15.8 Å². The second-order valence-corrected chi connectivity index (χ2v) is 7.63. The molecule has 0 bridgehead atoms. The normalized spacial score (nSPS) is 17.5. The Morgan fingerprint density at radius 3 is 2.82 bits per heavy atom. The van der Waals surface area contributed by atoms with Crippen LogP contribution in [-0.4, -0.2) is 54.4 Å². The van der Waals surface area contributed by atoms with E-state index in [9.17, 15) is 9.50 Å². The number of aryl methyl sites for hydroxylation is 1. The van der Waals surface area contributed by atoms with Crippen LogP contribution in [0.25, 0.3) is 10.9 Å². The number of aromatic hydroxyl groups is 1. The highest BCUT2D eigenvalue weighted by molar-refractivity contribution is 6.04. The first-order valence-corrected chi connectivity index (χ1v) is 9.49. The molecule has 1 aliphatic heterocycles. The summed E-state index contributed by atoms with van der Waals surface area (Å²) in [4.78, 5) is 11.6. The monoisotopic (exact) mass is 380 g/mol. The zero-order valence-electron chi connectivity index (χ0n) is 16.4. The van der Waals surface area contributed by atoms with E-state index in [1.807, 2.05) is 31.2 Å². The molecule has 2 heterocycles. The van der Waals surface area contributed by atoms with Gasteiger partial charge < -0.3 is 19.9 Å². The summed E-state index contributed by atoms with van der Waals surface area (Å²) in [5.41, 5.74) is 3.65. The van der Waals surface area contributed by atoms with Crippen molar-refractivity contribution in [2.45, 2.75) is 19.4 Å². The van der Waals surface area contributed by atoms with Gasteiger partial charge in [-0.15, -0.1) is 0 Å². The highest BCUT2D eigenvalue weighted by Crippen LogP contribution is 2.30. The van der Waals surface area contributed by atoms with Crippen molar-refractivity contribution < 1.29 is 9.50 Å². The van der Waals surface area contributed by atoms with Crippen molar-refractivity contribution in [3.8, 4) is 5.88 Å². The first kappa shape index (κ1) is 18.5. The number of H-pyrrole nitrogens is 1. The summed E-state index contributed by atoms with van der Waals surface area (Å²) in [7, 11) is 4.12. The molecule has 1 atom stereocenters. The van der Waals surface area contributed by atoms with Gasteiger partial charge >= 0.3 is 0 Å². The fourth-order valence-corrected chi connectivity index (χ4v) is 3.92. The van der Waals surface area contributed by atoms with E-state index in [1.54, 1.807) is 12.3 Å². The number of hydrogen-bond donors (Lipinski definition) is 2. The molecule has 28 heavy (non-hydrogen) atoms. The van der Waals surface area contributed by atoms with Gasteiger partial charge in [0.2, 0.25) is 0 Å². The first-order valence-electron chi connectivity index (χ1n) is 9.49. The van der Waals surface area contributed by atoms with Crippen molar-refractivity contribution in [3.63, 3.8) is 0 Å². The van der Waals surface area contributed by atoms with Crippen molar-refractivity contribution in [3.05, 3.63) is 53.3 Å². The van der Waals surface area contributed by atoms with Crippen molar-refractivity contribution in [1.82, 2.24) is 9.88 Å². The summed E-state index contributed by atoms with van der Waals surface area (Å²) in [5.74, 6) is -0.203. The molecule has 0 spiro atoms. The molecule has 1 aromatic heterocycles. The highest BCUT2D eigenvalue weighted by atomic mass is 19.1. The molecule has 2 N–H and O–H groups in total. The average Bonchev–Trinajstić information content (AvgIpc) is 3.25. The largest absolute Gasteiger partial charge is 0.494 e. The lowest BCUT2D eigenvalue weighted by atomic mass is 10.1. The molecule has 6 heteroatoms. The Morgan fingerprint density at radius 1 is 1.29 bits per heavy atom. The Bertz CT molecular complexity index is 1040. The molecular formula is C22H25FN4O. The van der Waals surface area contributed by atoms with Crippen LogP contribution in [0.5, 0.6) is 5.88 Å². The van der Waals surface area contributed by atoms with Crippen LogP contribution in [0.2, 0.25) is 0 Å². The summed E-state index contributed by atoms with van der Waals surface area (Å²) < 4.78 is 14.7. The van der Waals surface area contributed by atoms with Crippen molar-refractivity contribution in [1.29, 1.82) is 0 Å². The molecule has 0 radical (unpaired) electrons. The van der Waals surface area contributed by atoms with E-state index in [0.29, 0.717) is 23.0 Å². The molecule has 5 nitrogen and oxygen atoms in total. The minimum Gasteiger partial charge on any atom is -0.494 e. The Morgan fingerprint density at radius 2 is 2.11 bits per heavy atom. The van der Waals surface area contributed by atoms with Gasteiger partial charge in [0.15, 0.2) is 5.88 Å². The highest BCUT2D eigenvalue weighted by Gasteiger charge is 2.25. The molecule has 1 saturated heterocycles. The maximum absolute atomic E-state index is 14.7. The molecule has 146 valence electrons. The molecule has 0 saturated carbocycles. The zero-order valence-corrected chi connectivity index (χ0v) is 16.4. The number of fused-ring (bicyclic) bond motifs is 1. The Labute approximate surface area is 164 Å². The number of anilines is 1. The average molecular weight is 380 g/mol. The lowest BCUT2D eigenvalue weighted by molar-refractivity contribution is 0.315. The number of rotatable bonds is 4. The molecule has 0 aliphatic carbocycles. The van der Waals surface area contributed by atoms with Crippen molar-refractivity contribution >= 4 is 28.5 Å². The second-order valence-electron chi connectivity index (χ2n) is 7.63. The van der Waals surface area contributed by atoms with Crippen LogP contribution in [0.1, 0.15) is 17.5 Å². The maximum atomic E-state index is 14.7. The third kappa shape index (κ3) is 3.36. The fraction of sp³-hybridized carbons (Fsp3) is 0.318. The number of aromatic amines is 1. The first-order chi connectivity index (χ1) is 13.4. The summed E-state index contributed by atoms with van der Waals surface area (Å²) >= 11 is 0. The van der Waals surface area contributed by atoms with Crippen molar-refractivity contribution in [2.75, 3.05) is 32.1 Å². The van der Waals surface area contributed by atoms with E-state index in [0.717, 1.165) is 36.0 Å². The Balaban J connectivity index is 1.59. The van der Waals surface area contributed by atoms with Crippen LogP contribution in [0.15, 0.2) is 41.4 Å². The van der Waals surface area contributed by atoms with E-state index in [4.69, 9.17) is 0 Å². The van der Waals surface area contributed by atoms with Crippen LogP contribution >= 0.6 is 0 Å². The van der Waals surface area contributed by atoms with Gasteiger partial charge in [0, 0.05) is 42.3 Å². The number of aliphatic imine (C=N–C) groups is 1. The van der Waals surface area contributed by atoms with Crippen molar-refractivity contribution in [2.24, 2.45) is 4.99 Å². The van der Waals surface area contributed by atoms with E-state index in [2.05, 4.69) is 33.9 Å². The molecule has 3 aromatic rings. The summed E-state index contributed by atoms with van der Waals surface area (Å²) in [6.45, 7) is 3.67. The van der Waals surface area contributed by atoms with Gasteiger partial charge in [-0.3, -0.25) is 4.99 Å². The Kier molecular flexibility index (Phi) is 4.81. The van der Waals surface area contributed by atoms with E-state index >= 15 is 0 Å². The number of nitrogens with zero attached hydrogens (tertiary/aromatic N) is 3. The van der Waals surface area contributed by atoms with Crippen LogP contribution < -0.4 is 4.90 Å². The minimum atomic E-state index is -0.270. The van der Waals surface area contributed by atoms with Gasteiger partial charge in [-0.2, -0.15) is 0 Å². The van der Waals surface area contributed by atoms with Crippen LogP contribution in [0.3, 0.4) is 0 Å². The lowest BCUT2D eigenvalue weighted by Gasteiger charge is -2.22. The minimum absolute atomic E-state index is 0.0666. The predicted molar refractivity (Wildman–Crippen MR) is 113 cm³/mol. The smallest absolute Gasteiger partial charge is 0.198 e. The van der Waals surface area contributed by atoms with Gasteiger partial charge in [-0.05, 0) is 51.2 Å². The molecule has 2 aromatic carbocycles. The number of benzene rings is 2. The SMILES string of the molecule is Cc1cccc2[nH]c(O)c(C=Nc3ccc(N4CCC(N(C)C)C4)c(F)c3)c12. The van der Waals surface area contributed by atoms with Gasteiger partial charge in [-0.25, -0.2) is 4.39 Å². The number of nitrogens with one attached hydrogen (secondary N) is 1. The summed E-state index contributed by atoms with van der Waals surface area (Å²) in [6.07, 6.45) is 2.62. The molecule has 0 amide bonds. The summed E-state index contributed by atoms with van der Waals surface area (Å²) in [5, 5.41) is 11.1. The third-order valence-corrected chi connectivity index (χ3v) is 5.56. The standard InChI is InChI=1S/C22H25FN4O/c1-14-5-4-6-19-21(14)17(22(28)25-19)12-24-15-7-8-20(18(23)11-15)27-10-9-16(13-27)26(2)3/h4-8,11-12,16,25,28H,9-10,13H2,1-3H3. The molecule has 1 aliphatic rings. The quantitative estimate of drug-likeness (QED) is 0.667. The number of likely N-dealkylation sites (N-methyl/N-ethyl adjacent to an activating group) is 1. The summed E-state index contributed by atoms with van der Waals surface area (Å²) in [6, 6.07) is 11.3. The van der Waals surface area contributed by atoms with Gasteiger partial charge in [0.1, 0.15) is 5.82 Å². The molecular weight excluding hydrogens is 355 g/mol. The molecule has 1 unspecified atom stereocenters. The zero-order chi connectivity index (χ0) is 19.8. The second kappa shape index (κ2) is 7.28. The lowest BCUT2D eigenvalue weighted by Crippen LogP contribution is -2.31. The van der Waals surface area contributed by atoms with E-state index in [-0.39, 0.29) is 11.7 Å². The Hall–Kier alpha value is -2.86. The van der Waals surface area contributed by atoms with E-state index in [1.165, 1.54) is 6.07 Å². The third-order valence-electron chi connectivity index (χ3n) is 5.56. The number of hydrogen-bond acceptors (Lipinski definition) is 4. The van der Waals surface area contributed by atoms with Crippen LogP contribution in [-0.2, 0) is 0 Å². The van der Waals surface area contributed by atoms with Gasteiger partial charge in [0.25, 0.3) is 0 Å². The molecule has 4 rings (SSSR count). The van der Waals surface area contributed by atoms with Gasteiger partial charge in [-0.1, -0.05) is 12.1 Å². The topological polar surface area (TPSA) is 54.9 Å². The van der Waals surface area contributed by atoms with E-state index < -0.39 is 0 Å². The maximum Gasteiger partial charge on any atom is 0.198 e. The number of halogens is 1. The van der Waals surface area contributed by atoms with Gasteiger partial charge in [0.05, 0.1) is 16.9 Å². The van der Waals surface area contributed by atoms with Crippen LogP contribution in [0, 0.1) is 12.7 Å².